The number of nitrogen functional groups attached to an aromatic ring is 1. The van der Waals surface area contributed by atoms with Crippen LogP contribution in [0.3, 0.4) is 0 Å². The van der Waals surface area contributed by atoms with E-state index in [1.54, 1.807) is 12.1 Å². The number of hydrogen-bond donors (Lipinski definition) is 2. The Morgan fingerprint density at radius 1 is 1.28 bits per heavy atom. The Bertz CT molecular complexity index is 536. The lowest BCUT2D eigenvalue weighted by molar-refractivity contribution is 0.623. The van der Waals surface area contributed by atoms with Crippen molar-refractivity contribution in [1.82, 2.24) is 9.97 Å². The van der Waals surface area contributed by atoms with Crippen LogP contribution >= 0.6 is 0 Å². The van der Waals surface area contributed by atoms with Crippen LogP contribution in [0, 0.1) is 12.7 Å². The highest BCUT2D eigenvalue weighted by Crippen LogP contribution is 2.19. The van der Waals surface area contributed by atoms with Crippen molar-refractivity contribution in [2.45, 2.75) is 19.9 Å². The zero-order valence-corrected chi connectivity index (χ0v) is 10.3. The molecule has 0 saturated heterocycles. The fraction of sp³-hybridized carbons (Fsp3) is 0.231. The average molecular weight is 246 g/mol. The van der Waals surface area contributed by atoms with Gasteiger partial charge < -0.3 is 11.1 Å². The van der Waals surface area contributed by atoms with Gasteiger partial charge in [0.15, 0.2) is 0 Å². The summed E-state index contributed by atoms with van der Waals surface area (Å²) in [5.74, 6) is 0.611. The highest BCUT2D eigenvalue weighted by molar-refractivity contribution is 5.42. The summed E-state index contributed by atoms with van der Waals surface area (Å²) in [6.07, 6.45) is 0. The molecule has 94 valence electrons. The van der Waals surface area contributed by atoms with E-state index in [0.29, 0.717) is 5.82 Å². The van der Waals surface area contributed by atoms with Crippen molar-refractivity contribution in [2.24, 2.45) is 0 Å². The van der Waals surface area contributed by atoms with Gasteiger partial charge in [-0.1, -0.05) is 12.1 Å². The molecule has 3 N–H and O–H groups in total. The minimum Gasteiger partial charge on any atom is -0.368 e. The molecule has 2 aromatic rings. The van der Waals surface area contributed by atoms with Gasteiger partial charge in [0.2, 0.25) is 5.95 Å². The third-order valence-corrected chi connectivity index (χ3v) is 2.58. The van der Waals surface area contributed by atoms with E-state index in [2.05, 4.69) is 15.3 Å². The number of hydrogen-bond acceptors (Lipinski definition) is 4. The van der Waals surface area contributed by atoms with E-state index < -0.39 is 0 Å². The molecule has 0 radical (unpaired) electrons. The molecule has 2 rings (SSSR count). The van der Waals surface area contributed by atoms with E-state index in [4.69, 9.17) is 5.73 Å². The summed E-state index contributed by atoms with van der Waals surface area (Å²) in [7, 11) is 0. The third kappa shape index (κ3) is 2.94. The molecule has 0 aliphatic heterocycles. The summed E-state index contributed by atoms with van der Waals surface area (Å²) in [5.41, 5.74) is 7.22. The van der Waals surface area contributed by atoms with Crippen LogP contribution in [0.5, 0.6) is 0 Å². The Balaban J connectivity index is 2.18. The zero-order chi connectivity index (χ0) is 13.1. The monoisotopic (exact) mass is 246 g/mol. The summed E-state index contributed by atoms with van der Waals surface area (Å²) in [6.45, 7) is 3.78. The van der Waals surface area contributed by atoms with Gasteiger partial charge in [-0.05, 0) is 31.5 Å². The molecule has 0 bridgehead atoms. The van der Waals surface area contributed by atoms with E-state index in [9.17, 15) is 4.39 Å². The maximum atomic E-state index is 13.1. The Morgan fingerprint density at radius 3 is 2.72 bits per heavy atom. The van der Waals surface area contributed by atoms with Crippen LogP contribution in [0.4, 0.5) is 16.2 Å². The van der Waals surface area contributed by atoms with Crippen molar-refractivity contribution in [3.63, 3.8) is 0 Å². The Morgan fingerprint density at radius 2 is 2.06 bits per heavy atom. The number of nitrogens with one attached hydrogen (secondary N) is 1. The molecule has 1 aromatic carbocycles. The van der Waals surface area contributed by atoms with Gasteiger partial charge in [-0.2, -0.15) is 4.98 Å². The van der Waals surface area contributed by atoms with Crippen molar-refractivity contribution in [3.8, 4) is 0 Å². The SMILES string of the molecule is Cc1cc(NC(C)c2cccc(F)c2)nc(N)n1. The van der Waals surface area contributed by atoms with Crippen molar-refractivity contribution < 1.29 is 4.39 Å². The van der Waals surface area contributed by atoms with Crippen LogP contribution in [-0.4, -0.2) is 9.97 Å². The fourth-order valence-electron chi connectivity index (χ4n) is 1.75. The summed E-state index contributed by atoms with van der Waals surface area (Å²) in [6, 6.07) is 8.19. The van der Waals surface area contributed by atoms with Gasteiger partial charge in [0.1, 0.15) is 11.6 Å². The van der Waals surface area contributed by atoms with Crippen molar-refractivity contribution >= 4 is 11.8 Å². The van der Waals surface area contributed by atoms with E-state index in [1.165, 1.54) is 12.1 Å². The number of halogens is 1. The minimum absolute atomic E-state index is 0.0607. The van der Waals surface area contributed by atoms with E-state index in [1.807, 2.05) is 19.9 Å². The topological polar surface area (TPSA) is 63.8 Å². The predicted molar refractivity (Wildman–Crippen MR) is 69.6 cm³/mol. The third-order valence-electron chi connectivity index (χ3n) is 2.58. The molecule has 0 aliphatic carbocycles. The van der Waals surface area contributed by atoms with Crippen LogP contribution in [0.2, 0.25) is 0 Å². The molecule has 1 atom stereocenters. The summed E-state index contributed by atoms with van der Waals surface area (Å²) in [4.78, 5) is 8.08. The Hall–Kier alpha value is -2.17. The van der Waals surface area contributed by atoms with Gasteiger partial charge >= 0.3 is 0 Å². The molecule has 1 aromatic heterocycles. The molecule has 0 aliphatic rings. The van der Waals surface area contributed by atoms with Crippen LogP contribution < -0.4 is 11.1 Å². The van der Waals surface area contributed by atoms with Crippen molar-refractivity contribution in [1.29, 1.82) is 0 Å². The predicted octanol–water partition coefficient (Wildman–Crippen LogP) is 2.68. The first-order chi connectivity index (χ1) is 8.54. The van der Waals surface area contributed by atoms with Gasteiger partial charge in [0, 0.05) is 11.8 Å². The van der Waals surface area contributed by atoms with Gasteiger partial charge in [0.25, 0.3) is 0 Å². The molecule has 1 heterocycles. The number of anilines is 2. The molecule has 0 amide bonds. The lowest BCUT2D eigenvalue weighted by atomic mass is 10.1. The average Bonchev–Trinajstić information content (AvgIpc) is 2.27. The first kappa shape index (κ1) is 12.3. The van der Waals surface area contributed by atoms with Crippen molar-refractivity contribution in [3.05, 3.63) is 47.4 Å². The highest BCUT2D eigenvalue weighted by atomic mass is 19.1. The molecular formula is C13H15FN4. The number of aryl methyl sites for hydroxylation is 1. The smallest absolute Gasteiger partial charge is 0.222 e. The number of rotatable bonds is 3. The largest absolute Gasteiger partial charge is 0.368 e. The van der Waals surface area contributed by atoms with Crippen molar-refractivity contribution in [2.75, 3.05) is 11.1 Å². The zero-order valence-electron chi connectivity index (χ0n) is 10.3. The van der Waals surface area contributed by atoms with Crippen LogP contribution in [0.1, 0.15) is 24.2 Å². The lowest BCUT2D eigenvalue weighted by Gasteiger charge is -2.15. The highest BCUT2D eigenvalue weighted by Gasteiger charge is 2.08. The van der Waals surface area contributed by atoms with Gasteiger partial charge in [-0.3, -0.25) is 0 Å². The van der Waals surface area contributed by atoms with Crippen LogP contribution in [-0.2, 0) is 0 Å². The molecular weight excluding hydrogens is 231 g/mol. The molecule has 0 saturated carbocycles. The van der Waals surface area contributed by atoms with E-state index in [-0.39, 0.29) is 17.8 Å². The van der Waals surface area contributed by atoms with Gasteiger partial charge in [-0.15, -0.1) is 0 Å². The normalized spacial score (nSPS) is 12.2. The maximum absolute atomic E-state index is 13.1. The summed E-state index contributed by atoms with van der Waals surface area (Å²) < 4.78 is 13.1. The van der Waals surface area contributed by atoms with E-state index >= 15 is 0 Å². The Labute approximate surface area is 105 Å². The first-order valence-corrected chi connectivity index (χ1v) is 5.68. The second-order valence-electron chi connectivity index (χ2n) is 4.17. The number of benzene rings is 1. The van der Waals surface area contributed by atoms with Gasteiger partial charge in [0.05, 0.1) is 6.04 Å². The quantitative estimate of drug-likeness (QED) is 0.874. The van der Waals surface area contributed by atoms with Crippen LogP contribution in [0.25, 0.3) is 0 Å². The minimum atomic E-state index is -0.250. The second kappa shape index (κ2) is 5.00. The Kier molecular flexibility index (Phi) is 3.41. The molecule has 4 nitrogen and oxygen atoms in total. The second-order valence-corrected chi connectivity index (χ2v) is 4.17. The van der Waals surface area contributed by atoms with E-state index in [0.717, 1.165) is 11.3 Å². The molecule has 5 heteroatoms. The van der Waals surface area contributed by atoms with Crippen LogP contribution in [0.15, 0.2) is 30.3 Å². The standard InChI is InChI=1S/C13H15FN4/c1-8-6-12(18-13(15)16-8)17-9(2)10-4-3-5-11(14)7-10/h3-7,9H,1-2H3,(H3,15,16,17,18). The molecule has 0 spiro atoms. The summed E-state index contributed by atoms with van der Waals surface area (Å²) in [5, 5.41) is 3.17. The summed E-state index contributed by atoms with van der Waals surface area (Å²) >= 11 is 0. The molecule has 1 unspecified atom stereocenters. The maximum Gasteiger partial charge on any atom is 0.222 e. The van der Waals surface area contributed by atoms with Gasteiger partial charge in [-0.25, -0.2) is 9.37 Å². The lowest BCUT2D eigenvalue weighted by Crippen LogP contribution is -2.10. The number of nitrogens with two attached hydrogens (primary N) is 1. The fourth-order valence-corrected chi connectivity index (χ4v) is 1.75. The molecule has 18 heavy (non-hydrogen) atoms. The number of aromatic nitrogens is 2. The first-order valence-electron chi connectivity index (χ1n) is 5.68. The number of nitrogens with zero attached hydrogens (tertiary/aromatic N) is 2. The molecule has 0 fully saturated rings.